The molecule has 1 atom stereocenters. The van der Waals surface area contributed by atoms with Crippen LogP contribution in [0.5, 0.6) is 5.75 Å². The number of sulfone groups is 1. The maximum Gasteiger partial charge on any atom is 0.573 e. The lowest BCUT2D eigenvalue weighted by atomic mass is 10.2. The predicted octanol–water partition coefficient (Wildman–Crippen LogP) is 2.05. The van der Waals surface area contributed by atoms with Crippen molar-refractivity contribution >= 4 is 21.4 Å². The van der Waals surface area contributed by atoms with Crippen LogP contribution in [0.25, 0.3) is 0 Å². The molecular weight excluding hydrogens is 460 g/mol. The zero-order chi connectivity index (χ0) is 23.6. The first-order valence-electron chi connectivity index (χ1n) is 8.00. The average molecular weight is 473 g/mol. The van der Waals surface area contributed by atoms with Gasteiger partial charge in [-0.1, -0.05) is 6.07 Å². The van der Waals surface area contributed by atoms with Crippen LogP contribution in [0.2, 0.25) is 0 Å². The number of anilines is 1. The molecule has 1 aromatic heterocycles. The van der Waals surface area contributed by atoms with Crippen LogP contribution in [-0.2, 0) is 9.84 Å². The summed E-state index contributed by atoms with van der Waals surface area (Å²) in [6.45, 7) is -1.20. The Labute approximate surface area is 170 Å². The van der Waals surface area contributed by atoms with E-state index in [4.69, 9.17) is 10.8 Å². The molecular formula is C16H13F6N3O5S. The third-order valence-corrected chi connectivity index (χ3v) is 5.32. The second-order valence-electron chi connectivity index (χ2n) is 5.90. The molecule has 0 aliphatic carbocycles. The van der Waals surface area contributed by atoms with E-state index in [9.17, 15) is 39.6 Å². The van der Waals surface area contributed by atoms with Gasteiger partial charge in [0.15, 0.2) is 11.8 Å². The monoisotopic (exact) mass is 473 g/mol. The van der Waals surface area contributed by atoms with E-state index in [1.807, 2.05) is 0 Å². The van der Waals surface area contributed by atoms with E-state index < -0.39 is 67.9 Å². The van der Waals surface area contributed by atoms with Crippen molar-refractivity contribution in [1.82, 2.24) is 10.3 Å². The fourth-order valence-electron chi connectivity index (χ4n) is 2.16. The maximum absolute atomic E-state index is 12.6. The van der Waals surface area contributed by atoms with E-state index in [1.54, 1.807) is 5.32 Å². The molecule has 1 amide bonds. The first kappa shape index (κ1) is 24.2. The van der Waals surface area contributed by atoms with Crippen LogP contribution in [0.4, 0.5) is 32.0 Å². The lowest BCUT2D eigenvalue weighted by molar-refractivity contribution is -0.274. The molecule has 1 unspecified atom stereocenters. The quantitative estimate of drug-likeness (QED) is 0.547. The Morgan fingerprint density at radius 1 is 1.16 bits per heavy atom. The number of hydrogen-bond acceptors (Lipinski definition) is 7. The van der Waals surface area contributed by atoms with Crippen LogP contribution in [-0.4, -0.2) is 49.6 Å². The van der Waals surface area contributed by atoms with Crippen molar-refractivity contribution in [3.63, 3.8) is 0 Å². The molecule has 2 rings (SSSR count). The normalized spacial score (nSPS) is 13.5. The van der Waals surface area contributed by atoms with Crippen LogP contribution in [0.1, 0.15) is 10.5 Å². The Bertz CT molecular complexity index is 1070. The van der Waals surface area contributed by atoms with Crippen LogP contribution in [0.3, 0.4) is 0 Å². The first-order chi connectivity index (χ1) is 14.1. The minimum atomic E-state index is -5.05. The number of carbonyl (C=O) groups excluding carboxylic acids is 1. The highest BCUT2D eigenvalue weighted by atomic mass is 32.2. The molecule has 0 radical (unpaired) electrons. The van der Waals surface area contributed by atoms with E-state index >= 15 is 0 Å². The number of ether oxygens (including phenoxy) is 1. The average Bonchev–Trinajstić information content (AvgIpc) is 2.63. The summed E-state index contributed by atoms with van der Waals surface area (Å²) in [5.41, 5.74) is 4.39. The summed E-state index contributed by atoms with van der Waals surface area (Å²) < 4.78 is 103. The van der Waals surface area contributed by atoms with Crippen LogP contribution < -0.4 is 15.8 Å². The zero-order valence-electron chi connectivity index (χ0n) is 15.0. The number of alkyl halides is 6. The molecule has 1 heterocycles. The number of hydrogen-bond donors (Lipinski definition) is 3. The number of aliphatic hydroxyl groups is 1. The summed E-state index contributed by atoms with van der Waals surface area (Å²) in [6.07, 6.45) is -12.2. The van der Waals surface area contributed by atoms with Crippen LogP contribution in [0.15, 0.2) is 46.3 Å². The van der Waals surface area contributed by atoms with Gasteiger partial charge >= 0.3 is 12.5 Å². The number of nitrogens with one attached hydrogen (secondary N) is 1. The van der Waals surface area contributed by atoms with Gasteiger partial charge in [0.05, 0.1) is 22.0 Å². The Morgan fingerprint density at radius 3 is 2.35 bits per heavy atom. The molecule has 15 heteroatoms. The van der Waals surface area contributed by atoms with Gasteiger partial charge in [-0.3, -0.25) is 4.79 Å². The Morgan fingerprint density at radius 2 is 1.81 bits per heavy atom. The molecule has 0 saturated heterocycles. The second-order valence-corrected chi connectivity index (χ2v) is 7.85. The van der Waals surface area contributed by atoms with Gasteiger partial charge in [0.1, 0.15) is 5.75 Å². The molecule has 0 fully saturated rings. The molecule has 170 valence electrons. The number of nitrogens with two attached hydrogens (primary N) is 1. The summed E-state index contributed by atoms with van der Waals surface area (Å²) in [4.78, 5) is 14.2. The van der Waals surface area contributed by atoms with Gasteiger partial charge in [-0.25, -0.2) is 13.4 Å². The fraction of sp³-hybridized carbons (Fsp3) is 0.250. The number of nitrogen functional groups attached to an aromatic ring is 1. The molecule has 0 aliphatic rings. The summed E-state index contributed by atoms with van der Waals surface area (Å²) in [5, 5.41) is 10.6. The van der Waals surface area contributed by atoms with Crippen molar-refractivity contribution in [2.45, 2.75) is 28.4 Å². The summed E-state index contributed by atoms with van der Waals surface area (Å²) in [6, 6.07) is 4.22. The van der Waals surface area contributed by atoms with Gasteiger partial charge in [0.2, 0.25) is 9.84 Å². The molecule has 1 aromatic carbocycles. The maximum atomic E-state index is 12.6. The number of nitrogens with zero attached hydrogens (tertiary/aromatic N) is 1. The largest absolute Gasteiger partial charge is 0.573 e. The minimum Gasteiger partial charge on any atom is -0.406 e. The van der Waals surface area contributed by atoms with E-state index in [-0.39, 0.29) is 0 Å². The van der Waals surface area contributed by atoms with Gasteiger partial charge in [-0.2, -0.15) is 13.2 Å². The minimum absolute atomic E-state index is 0.539. The summed E-state index contributed by atoms with van der Waals surface area (Å²) in [5.74, 6) is -2.01. The highest BCUT2D eigenvalue weighted by Gasteiger charge is 2.38. The van der Waals surface area contributed by atoms with Gasteiger partial charge in [-0.05, 0) is 24.3 Å². The molecule has 0 bridgehead atoms. The Hall–Kier alpha value is -3.07. The lowest BCUT2D eigenvalue weighted by Crippen LogP contribution is -2.41. The molecule has 0 spiro atoms. The molecule has 31 heavy (non-hydrogen) atoms. The number of pyridine rings is 1. The lowest BCUT2D eigenvalue weighted by Gasteiger charge is -2.15. The number of aromatic nitrogens is 1. The van der Waals surface area contributed by atoms with Gasteiger partial charge in [-0.15, -0.1) is 13.2 Å². The van der Waals surface area contributed by atoms with E-state index in [0.717, 1.165) is 24.3 Å². The van der Waals surface area contributed by atoms with Crippen molar-refractivity contribution < 1.29 is 49.4 Å². The Kier molecular flexibility index (Phi) is 6.70. The zero-order valence-corrected chi connectivity index (χ0v) is 15.8. The highest BCUT2D eigenvalue weighted by Crippen LogP contribution is 2.28. The van der Waals surface area contributed by atoms with Crippen molar-refractivity contribution in [2.24, 2.45) is 0 Å². The van der Waals surface area contributed by atoms with Gasteiger partial charge < -0.3 is 20.9 Å². The molecule has 2 aromatic rings. The van der Waals surface area contributed by atoms with Crippen LogP contribution in [0, 0.1) is 0 Å². The van der Waals surface area contributed by atoms with Gasteiger partial charge in [0.25, 0.3) is 5.91 Å². The topological polar surface area (TPSA) is 132 Å². The molecule has 4 N–H and O–H groups in total. The van der Waals surface area contributed by atoms with Crippen molar-refractivity contribution in [1.29, 1.82) is 0 Å². The van der Waals surface area contributed by atoms with Crippen molar-refractivity contribution in [3.05, 3.63) is 42.2 Å². The third kappa shape index (κ3) is 6.21. The number of halogens is 6. The number of benzene rings is 1. The Balaban J connectivity index is 2.26. The second kappa shape index (κ2) is 8.58. The smallest absolute Gasteiger partial charge is 0.406 e. The number of carbonyl (C=O) groups is 1. The number of amides is 1. The predicted molar refractivity (Wildman–Crippen MR) is 91.6 cm³/mol. The van der Waals surface area contributed by atoms with E-state index in [2.05, 4.69) is 9.72 Å². The third-order valence-electron chi connectivity index (χ3n) is 3.60. The molecule has 0 aliphatic heterocycles. The molecule has 0 saturated carbocycles. The fourth-order valence-corrected chi connectivity index (χ4v) is 3.44. The van der Waals surface area contributed by atoms with Crippen LogP contribution >= 0.6 is 0 Å². The summed E-state index contributed by atoms with van der Waals surface area (Å²) in [7, 11) is -4.44. The van der Waals surface area contributed by atoms with Crippen molar-refractivity contribution in [2.75, 3.05) is 12.3 Å². The van der Waals surface area contributed by atoms with E-state index in [1.165, 1.54) is 0 Å². The standard InChI is InChI=1S/C16H13F6N3O5S/c17-15(18,19)12(26)7-25-14(27)13-11(23)5-10(6-24-13)31(28,29)9-3-1-2-8(4-9)30-16(20,21)22/h1-6,12,26H,7,23H2,(H,25,27). The highest BCUT2D eigenvalue weighted by molar-refractivity contribution is 7.91. The molecule has 8 nitrogen and oxygen atoms in total. The van der Waals surface area contributed by atoms with Crippen molar-refractivity contribution in [3.8, 4) is 5.75 Å². The number of rotatable bonds is 6. The summed E-state index contributed by atoms with van der Waals surface area (Å²) >= 11 is 0. The van der Waals surface area contributed by atoms with Gasteiger partial charge in [0, 0.05) is 6.20 Å². The number of aliphatic hydroxyl groups excluding tert-OH is 1. The SMILES string of the molecule is Nc1cc(S(=O)(=O)c2cccc(OC(F)(F)F)c2)cnc1C(=O)NCC(O)C(F)(F)F. The first-order valence-corrected chi connectivity index (χ1v) is 9.49. The van der Waals surface area contributed by atoms with E-state index in [0.29, 0.717) is 12.3 Å².